The van der Waals surface area contributed by atoms with Gasteiger partial charge in [-0.1, -0.05) is 35.9 Å². The molecule has 0 saturated heterocycles. The average Bonchev–Trinajstić information content (AvgIpc) is 2.96. The summed E-state index contributed by atoms with van der Waals surface area (Å²) in [6, 6.07) is 13.7. The Morgan fingerprint density at radius 1 is 1.19 bits per heavy atom. The third kappa shape index (κ3) is 2.62. The molecule has 1 amide bonds. The van der Waals surface area contributed by atoms with Gasteiger partial charge in [0, 0.05) is 17.1 Å². The molecule has 0 atom stereocenters. The Balaban J connectivity index is 1.94. The monoisotopic (exact) mass is 300 g/mol. The molecular formula is C16H13ClN2O2. The summed E-state index contributed by atoms with van der Waals surface area (Å²) < 4.78 is 0. The van der Waals surface area contributed by atoms with Gasteiger partial charge >= 0.3 is 0 Å². The van der Waals surface area contributed by atoms with Gasteiger partial charge in [-0.2, -0.15) is 0 Å². The number of hydrogen-bond donors (Lipinski definition) is 1. The minimum absolute atomic E-state index is 0.0279. The highest BCUT2D eigenvalue weighted by Gasteiger charge is 2.27. The topological polar surface area (TPSA) is 52.9 Å². The first kappa shape index (κ1) is 13.6. The fourth-order valence-electron chi connectivity index (χ4n) is 2.32. The Hall–Kier alpha value is -2.33. The van der Waals surface area contributed by atoms with Gasteiger partial charge in [-0.3, -0.25) is 14.7 Å². The molecule has 5 heteroatoms. The Morgan fingerprint density at radius 2 is 2.00 bits per heavy atom. The van der Waals surface area contributed by atoms with E-state index >= 15 is 0 Å². The average molecular weight is 301 g/mol. The molecule has 2 aromatic rings. The molecule has 1 N–H and O–H groups in total. The van der Waals surface area contributed by atoms with Crippen LogP contribution >= 0.6 is 11.6 Å². The summed E-state index contributed by atoms with van der Waals surface area (Å²) in [6.07, 6.45) is 0. The van der Waals surface area contributed by atoms with Crippen LogP contribution in [0.5, 0.6) is 5.75 Å². The number of carbonyl (C=O) groups excluding carboxylic acids is 1. The highest BCUT2D eigenvalue weighted by Crippen LogP contribution is 2.22. The molecule has 0 bridgehead atoms. The number of nitrogens with zero attached hydrogens (tertiary/aromatic N) is 2. The van der Waals surface area contributed by atoms with Crippen molar-refractivity contribution < 1.29 is 9.90 Å². The van der Waals surface area contributed by atoms with Crippen LogP contribution in [0, 0.1) is 0 Å². The summed E-state index contributed by atoms with van der Waals surface area (Å²) >= 11 is 5.99. The van der Waals surface area contributed by atoms with E-state index in [1.807, 2.05) is 12.1 Å². The largest absolute Gasteiger partial charge is 0.507 e. The van der Waals surface area contributed by atoms with Crippen LogP contribution in [0.25, 0.3) is 0 Å². The van der Waals surface area contributed by atoms with Crippen LogP contribution in [0.2, 0.25) is 5.02 Å². The number of phenols is 1. The maximum Gasteiger partial charge on any atom is 0.263 e. The highest BCUT2D eigenvalue weighted by atomic mass is 35.5. The molecule has 4 nitrogen and oxygen atoms in total. The molecule has 0 radical (unpaired) electrons. The van der Waals surface area contributed by atoms with Crippen LogP contribution in [0.1, 0.15) is 15.9 Å². The summed E-state index contributed by atoms with van der Waals surface area (Å²) in [5.41, 5.74) is 1.07. The van der Waals surface area contributed by atoms with Gasteiger partial charge in [0.1, 0.15) is 11.6 Å². The van der Waals surface area contributed by atoms with E-state index < -0.39 is 0 Å². The zero-order chi connectivity index (χ0) is 14.8. The zero-order valence-corrected chi connectivity index (χ0v) is 11.9. The number of benzene rings is 2. The van der Waals surface area contributed by atoms with Crippen molar-refractivity contribution in [2.24, 2.45) is 4.99 Å². The van der Waals surface area contributed by atoms with E-state index in [9.17, 15) is 9.90 Å². The minimum Gasteiger partial charge on any atom is -0.507 e. The first-order chi connectivity index (χ1) is 10.2. The number of para-hydroxylation sites is 1. The van der Waals surface area contributed by atoms with E-state index in [1.165, 1.54) is 6.07 Å². The predicted molar refractivity (Wildman–Crippen MR) is 82.0 cm³/mol. The molecule has 2 aromatic carbocycles. The standard InChI is InChI=1S/C16H13ClN2O2/c17-12-5-3-4-11(10-12)15-18-8-9-19(15)16(21)13-6-1-2-7-14(13)20/h1-7,10,20H,8-9H2. The molecule has 0 aliphatic carbocycles. The summed E-state index contributed by atoms with van der Waals surface area (Å²) in [5.74, 6) is 0.301. The summed E-state index contributed by atoms with van der Waals surface area (Å²) in [4.78, 5) is 18.5. The van der Waals surface area contributed by atoms with Crippen LogP contribution in [0.3, 0.4) is 0 Å². The first-order valence-electron chi connectivity index (χ1n) is 6.57. The molecule has 0 spiro atoms. The number of phenolic OH excluding ortho intramolecular Hbond substituents is 1. The molecule has 1 aliphatic heterocycles. The minimum atomic E-state index is -0.260. The maximum atomic E-state index is 12.6. The molecule has 106 valence electrons. The van der Waals surface area contributed by atoms with Crippen LogP contribution in [-0.2, 0) is 0 Å². The van der Waals surface area contributed by atoms with Crippen molar-refractivity contribution in [3.63, 3.8) is 0 Å². The van der Waals surface area contributed by atoms with E-state index in [0.717, 1.165) is 5.56 Å². The van der Waals surface area contributed by atoms with E-state index in [4.69, 9.17) is 11.6 Å². The molecule has 3 rings (SSSR count). The lowest BCUT2D eigenvalue weighted by atomic mass is 10.1. The van der Waals surface area contributed by atoms with Gasteiger partial charge in [0.2, 0.25) is 0 Å². The fraction of sp³-hybridized carbons (Fsp3) is 0.125. The van der Waals surface area contributed by atoms with Gasteiger partial charge in [-0.05, 0) is 24.3 Å². The molecule has 1 aliphatic rings. The van der Waals surface area contributed by atoms with Crippen LogP contribution in [-0.4, -0.2) is 34.8 Å². The van der Waals surface area contributed by atoms with Crippen LogP contribution < -0.4 is 0 Å². The zero-order valence-electron chi connectivity index (χ0n) is 11.2. The number of rotatable bonds is 2. The summed E-state index contributed by atoms with van der Waals surface area (Å²) in [5, 5.41) is 10.4. The Labute approximate surface area is 127 Å². The Kier molecular flexibility index (Phi) is 3.62. The van der Waals surface area contributed by atoms with Crippen molar-refractivity contribution in [3.05, 3.63) is 64.7 Å². The van der Waals surface area contributed by atoms with Crippen LogP contribution in [0.4, 0.5) is 0 Å². The van der Waals surface area contributed by atoms with E-state index in [0.29, 0.717) is 23.9 Å². The second kappa shape index (κ2) is 5.58. The second-order valence-electron chi connectivity index (χ2n) is 4.69. The lowest BCUT2D eigenvalue weighted by Crippen LogP contribution is -2.34. The molecule has 0 saturated carbocycles. The quantitative estimate of drug-likeness (QED) is 0.927. The molecular weight excluding hydrogens is 288 g/mol. The molecule has 0 aromatic heterocycles. The highest BCUT2D eigenvalue weighted by molar-refractivity contribution is 6.31. The number of amides is 1. The normalized spacial score (nSPS) is 14.1. The number of aliphatic imine (C=N–C) groups is 1. The van der Waals surface area contributed by atoms with Crippen molar-refractivity contribution in [2.75, 3.05) is 13.1 Å². The second-order valence-corrected chi connectivity index (χ2v) is 5.13. The third-order valence-corrected chi connectivity index (χ3v) is 3.54. The van der Waals surface area contributed by atoms with Crippen molar-refractivity contribution in [1.29, 1.82) is 0 Å². The van der Waals surface area contributed by atoms with Crippen molar-refractivity contribution >= 4 is 23.3 Å². The van der Waals surface area contributed by atoms with Crippen molar-refractivity contribution in [3.8, 4) is 5.75 Å². The van der Waals surface area contributed by atoms with Crippen molar-refractivity contribution in [1.82, 2.24) is 4.90 Å². The van der Waals surface area contributed by atoms with Crippen LogP contribution in [0.15, 0.2) is 53.5 Å². The van der Waals surface area contributed by atoms with Gasteiger partial charge in [0.15, 0.2) is 0 Å². The number of amidine groups is 1. The molecule has 1 heterocycles. The number of aromatic hydroxyl groups is 1. The Morgan fingerprint density at radius 3 is 2.76 bits per heavy atom. The van der Waals surface area contributed by atoms with Gasteiger partial charge in [-0.25, -0.2) is 0 Å². The number of carbonyl (C=O) groups is 1. The van der Waals surface area contributed by atoms with Gasteiger partial charge < -0.3 is 5.11 Å². The SMILES string of the molecule is O=C(c1ccccc1O)N1CCN=C1c1cccc(Cl)c1. The smallest absolute Gasteiger partial charge is 0.263 e. The van der Waals surface area contributed by atoms with Gasteiger partial charge in [0.25, 0.3) is 5.91 Å². The Bertz CT molecular complexity index is 728. The molecule has 0 unspecified atom stereocenters. The number of halogens is 1. The third-order valence-electron chi connectivity index (χ3n) is 3.30. The summed E-state index contributed by atoms with van der Waals surface area (Å²) in [7, 11) is 0. The lowest BCUT2D eigenvalue weighted by molar-refractivity contribution is 0.0855. The maximum absolute atomic E-state index is 12.6. The summed E-state index contributed by atoms with van der Waals surface area (Å²) in [6.45, 7) is 1.04. The lowest BCUT2D eigenvalue weighted by Gasteiger charge is -2.19. The first-order valence-corrected chi connectivity index (χ1v) is 6.95. The number of hydrogen-bond acceptors (Lipinski definition) is 3. The molecule has 0 fully saturated rings. The predicted octanol–water partition coefficient (Wildman–Crippen LogP) is 2.95. The van der Waals surface area contributed by atoms with E-state index in [2.05, 4.69) is 4.99 Å². The van der Waals surface area contributed by atoms with E-state index in [1.54, 1.807) is 35.2 Å². The fourth-order valence-corrected chi connectivity index (χ4v) is 2.51. The van der Waals surface area contributed by atoms with Gasteiger partial charge in [-0.15, -0.1) is 0 Å². The van der Waals surface area contributed by atoms with E-state index in [-0.39, 0.29) is 17.2 Å². The van der Waals surface area contributed by atoms with Crippen molar-refractivity contribution in [2.45, 2.75) is 0 Å². The van der Waals surface area contributed by atoms with Gasteiger partial charge in [0.05, 0.1) is 12.1 Å². The molecule has 21 heavy (non-hydrogen) atoms.